The molecule has 0 bridgehead atoms. The van der Waals surface area contributed by atoms with Gasteiger partial charge in [0.05, 0.1) is 6.04 Å². The standard InChI is InChI=1S/C27H37N3O4/c1-3-19(4-2)15-22(28)25-23(29-27(33)34-18-21-13-9-6-10-14-21)16-24(26(31)32)30(25)17-20-11-7-5-8-12-20/h5-14,19,22-25H,3-4,15-18,28H2,1-2H3,(H,29,33)(H,31,32)/t22?,23-,24-,25+/m1/s1. The summed E-state index contributed by atoms with van der Waals surface area (Å²) in [6.45, 7) is 4.90. The summed E-state index contributed by atoms with van der Waals surface area (Å²) >= 11 is 0. The van der Waals surface area contributed by atoms with E-state index in [9.17, 15) is 14.7 Å². The number of carbonyl (C=O) groups is 2. The van der Waals surface area contributed by atoms with Gasteiger partial charge in [0.1, 0.15) is 12.6 Å². The SMILES string of the molecule is CCC(CC)CC(N)[C@H]1[C@H](NC(=O)OCc2ccccc2)C[C@H](C(=O)O)N1Cc1ccccc1. The summed E-state index contributed by atoms with van der Waals surface area (Å²) in [6.07, 6.45) is 2.51. The Labute approximate surface area is 202 Å². The fraction of sp³-hybridized carbons (Fsp3) is 0.481. The Balaban J connectivity index is 1.79. The molecule has 0 spiro atoms. The van der Waals surface area contributed by atoms with Gasteiger partial charge in [-0.1, -0.05) is 87.4 Å². The Hall–Kier alpha value is -2.90. The molecule has 1 saturated heterocycles. The lowest BCUT2D eigenvalue weighted by molar-refractivity contribution is -0.143. The Bertz CT molecular complexity index is 905. The maximum absolute atomic E-state index is 12.7. The molecular formula is C27H37N3O4. The van der Waals surface area contributed by atoms with Crippen LogP contribution in [0.2, 0.25) is 0 Å². The first-order chi connectivity index (χ1) is 16.4. The number of carbonyl (C=O) groups excluding carboxylic acids is 1. The number of hydrogen-bond donors (Lipinski definition) is 3. The number of rotatable bonds is 11. The van der Waals surface area contributed by atoms with Crippen LogP contribution >= 0.6 is 0 Å². The van der Waals surface area contributed by atoms with Crippen LogP contribution in [0.15, 0.2) is 60.7 Å². The summed E-state index contributed by atoms with van der Waals surface area (Å²) in [5.41, 5.74) is 8.65. The Morgan fingerprint density at radius 3 is 2.21 bits per heavy atom. The molecule has 0 aliphatic carbocycles. The Morgan fingerprint density at radius 1 is 1.06 bits per heavy atom. The van der Waals surface area contributed by atoms with Crippen molar-refractivity contribution in [2.45, 2.75) is 76.8 Å². The van der Waals surface area contributed by atoms with E-state index in [0.717, 1.165) is 30.4 Å². The van der Waals surface area contributed by atoms with Gasteiger partial charge in [0, 0.05) is 18.6 Å². The van der Waals surface area contributed by atoms with E-state index in [1.165, 1.54) is 0 Å². The zero-order chi connectivity index (χ0) is 24.5. The molecule has 2 aromatic rings. The van der Waals surface area contributed by atoms with E-state index < -0.39 is 24.1 Å². The fourth-order valence-corrected chi connectivity index (χ4v) is 4.96. The quantitative estimate of drug-likeness (QED) is 0.458. The number of likely N-dealkylation sites (tertiary alicyclic amines) is 1. The van der Waals surface area contributed by atoms with Crippen molar-refractivity contribution < 1.29 is 19.4 Å². The lowest BCUT2D eigenvalue weighted by atomic mass is 9.89. The van der Waals surface area contributed by atoms with Crippen LogP contribution in [-0.2, 0) is 22.7 Å². The van der Waals surface area contributed by atoms with Crippen molar-refractivity contribution in [1.29, 1.82) is 0 Å². The Kier molecular flexibility index (Phi) is 9.48. The fourth-order valence-electron chi connectivity index (χ4n) is 4.96. The third kappa shape index (κ3) is 6.81. The number of benzene rings is 2. The molecule has 7 heteroatoms. The maximum atomic E-state index is 12.7. The molecule has 184 valence electrons. The molecule has 3 rings (SSSR count). The Morgan fingerprint density at radius 2 is 1.65 bits per heavy atom. The van der Waals surface area contributed by atoms with Crippen molar-refractivity contribution in [3.63, 3.8) is 0 Å². The second-order valence-electron chi connectivity index (χ2n) is 9.13. The lowest BCUT2D eigenvalue weighted by Crippen LogP contribution is -2.55. The highest BCUT2D eigenvalue weighted by molar-refractivity contribution is 5.75. The van der Waals surface area contributed by atoms with Crippen molar-refractivity contribution in [2.75, 3.05) is 0 Å². The molecular weight excluding hydrogens is 430 g/mol. The number of nitrogens with one attached hydrogen (secondary N) is 1. The van der Waals surface area contributed by atoms with Crippen LogP contribution in [0.5, 0.6) is 0 Å². The summed E-state index contributed by atoms with van der Waals surface area (Å²) in [5.74, 6) is -0.458. The third-order valence-electron chi connectivity index (χ3n) is 6.88. The van der Waals surface area contributed by atoms with Crippen molar-refractivity contribution >= 4 is 12.1 Å². The molecule has 1 fully saturated rings. The highest BCUT2D eigenvalue weighted by atomic mass is 16.5. The molecule has 34 heavy (non-hydrogen) atoms. The second-order valence-corrected chi connectivity index (χ2v) is 9.13. The van der Waals surface area contributed by atoms with Crippen LogP contribution in [0, 0.1) is 5.92 Å². The van der Waals surface area contributed by atoms with Crippen LogP contribution in [0.1, 0.15) is 50.7 Å². The number of ether oxygens (including phenoxy) is 1. The van der Waals surface area contributed by atoms with Crippen LogP contribution < -0.4 is 11.1 Å². The monoisotopic (exact) mass is 467 g/mol. The van der Waals surface area contributed by atoms with Crippen molar-refractivity contribution in [1.82, 2.24) is 10.2 Å². The molecule has 7 nitrogen and oxygen atoms in total. The summed E-state index contributed by atoms with van der Waals surface area (Å²) in [6, 6.07) is 17.5. The number of nitrogens with zero attached hydrogens (tertiary/aromatic N) is 1. The van der Waals surface area contributed by atoms with E-state index in [1.54, 1.807) is 0 Å². The largest absolute Gasteiger partial charge is 0.480 e. The zero-order valence-electron chi connectivity index (χ0n) is 20.1. The van der Waals surface area contributed by atoms with Gasteiger partial charge in [0.2, 0.25) is 0 Å². The zero-order valence-corrected chi connectivity index (χ0v) is 20.1. The van der Waals surface area contributed by atoms with E-state index in [0.29, 0.717) is 12.5 Å². The molecule has 4 N–H and O–H groups in total. The van der Waals surface area contributed by atoms with E-state index in [2.05, 4.69) is 19.2 Å². The molecule has 1 heterocycles. The van der Waals surface area contributed by atoms with E-state index in [4.69, 9.17) is 10.5 Å². The predicted octanol–water partition coefficient (Wildman–Crippen LogP) is 4.16. The number of alkyl carbamates (subject to hydrolysis) is 1. The number of carboxylic acid groups (broad SMARTS) is 1. The van der Waals surface area contributed by atoms with Gasteiger partial charge in [-0.25, -0.2) is 4.79 Å². The first kappa shape index (κ1) is 25.7. The summed E-state index contributed by atoms with van der Waals surface area (Å²) in [7, 11) is 0. The van der Waals surface area contributed by atoms with Gasteiger partial charge < -0.3 is 20.9 Å². The number of amides is 1. The van der Waals surface area contributed by atoms with Crippen molar-refractivity contribution in [3.05, 3.63) is 71.8 Å². The van der Waals surface area contributed by atoms with Crippen molar-refractivity contribution in [3.8, 4) is 0 Å². The summed E-state index contributed by atoms with van der Waals surface area (Å²) in [5, 5.41) is 13.0. The smallest absolute Gasteiger partial charge is 0.407 e. The van der Waals surface area contributed by atoms with Gasteiger partial charge in [-0.15, -0.1) is 0 Å². The molecule has 0 saturated carbocycles. The maximum Gasteiger partial charge on any atom is 0.407 e. The first-order valence-electron chi connectivity index (χ1n) is 12.2. The first-order valence-corrected chi connectivity index (χ1v) is 12.2. The minimum atomic E-state index is -0.905. The highest BCUT2D eigenvalue weighted by Gasteiger charge is 2.48. The summed E-state index contributed by atoms with van der Waals surface area (Å²) in [4.78, 5) is 26.8. The van der Waals surface area contributed by atoms with Gasteiger partial charge in [0.25, 0.3) is 0 Å². The molecule has 1 amide bonds. The average Bonchev–Trinajstić information content (AvgIpc) is 3.20. The minimum Gasteiger partial charge on any atom is -0.480 e. The van der Waals surface area contributed by atoms with Crippen LogP contribution in [0.4, 0.5) is 4.79 Å². The van der Waals surface area contributed by atoms with Crippen LogP contribution in [-0.4, -0.2) is 46.2 Å². The van der Waals surface area contributed by atoms with Gasteiger partial charge in [-0.2, -0.15) is 0 Å². The predicted molar refractivity (Wildman–Crippen MR) is 132 cm³/mol. The lowest BCUT2D eigenvalue weighted by Gasteiger charge is -2.35. The third-order valence-corrected chi connectivity index (χ3v) is 6.88. The second kappa shape index (κ2) is 12.5. The average molecular weight is 468 g/mol. The topological polar surface area (TPSA) is 105 Å². The van der Waals surface area contributed by atoms with Crippen molar-refractivity contribution in [2.24, 2.45) is 11.7 Å². The summed E-state index contributed by atoms with van der Waals surface area (Å²) < 4.78 is 5.43. The minimum absolute atomic E-state index is 0.153. The highest BCUT2D eigenvalue weighted by Crippen LogP contribution is 2.31. The van der Waals surface area contributed by atoms with Crippen LogP contribution in [0.25, 0.3) is 0 Å². The van der Waals surface area contributed by atoms with Crippen LogP contribution in [0.3, 0.4) is 0 Å². The number of hydrogen-bond acceptors (Lipinski definition) is 5. The molecule has 1 aliphatic rings. The normalized spacial score (nSPS) is 21.4. The number of nitrogens with two attached hydrogens (primary N) is 1. The molecule has 0 radical (unpaired) electrons. The molecule has 4 atom stereocenters. The van der Waals surface area contributed by atoms with Gasteiger partial charge in [-0.05, 0) is 29.9 Å². The molecule has 0 aromatic heterocycles. The van der Waals surface area contributed by atoms with Gasteiger partial charge in [-0.3, -0.25) is 9.69 Å². The molecule has 1 aliphatic heterocycles. The number of aliphatic carboxylic acids is 1. The number of carboxylic acids is 1. The van der Waals surface area contributed by atoms with E-state index in [1.807, 2.05) is 65.6 Å². The van der Waals surface area contributed by atoms with E-state index in [-0.39, 0.29) is 25.1 Å². The van der Waals surface area contributed by atoms with Gasteiger partial charge >= 0.3 is 12.1 Å². The molecule has 2 aromatic carbocycles. The van der Waals surface area contributed by atoms with Gasteiger partial charge in [0.15, 0.2) is 0 Å². The van der Waals surface area contributed by atoms with E-state index >= 15 is 0 Å². The molecule has 1 unspecified atom stereocenters.